The van der Waals surface area contributed by atoms with Crippen LogP contribution in [0.25, 0.3) is 17.3 Å². The number of hydrogen-bond donors (Lipinski definition) is 2. The van der Waals surface area contributed by atoms with E-state index in [1.54, 1.807) is 18.2 Å². The van der Waals surface area contributed by atoms with E-state index in [0.29, 0.717) is 22.9 Å². The molecule has 1 aromatic heterocycles. The summed E-state index contributed by atoms with van der Waals surface area (Å²) in [6.45, 7) is 1.48. The number of benzene rings is 2. The number of hydrogen-bond acceptors (Lipinski definition) is 5. The number of aryl methyl sites for hydroxylation is 1. The summed E-state index contributed by atoms with van der Waals surface area (Å²) >= 11 is 0. The molecule has 0 unspecified atom stereocenters. The van der Waals surface area contributed by atoms with Crippen LogP contribution in [0.4, 0.5) is 4.39 Å². The zero-order valence-corrected chi connectivity index (χ0v) is 15.4. The van der Waals surface area contributed by atoms with Crippen LogP contribution in [0.1, 0.15) is 21.6 Å². The smallest absolute Gasteiger partial charge is 0.188 e. The Morgan fingerprint density at radius 3 is 2.75 bits per heavy atom. The van der Waals surface area contributed by atoms with Gasteiger partial charge >= 0.3 is 0 Å². The van der Waals surface area contributed by atoms with E-state index in [0.717, 1.165) is 11.1 Å². The van der Waals surface area contributed by atoms with Crippen molar-refractivity contribution < 1.29 is 23.8 Å². The van der Waals surface area contributed by atoms with Crippen molar-refractivity contribution in [1.29, 1.82) is 0 Å². The van der Waals surface area contributed by atoms with Gasteiger partial charge in [-0.2, -0.15) is 5.10 Å². The zero-order valence-electron chi connectivity index (χ0n) is 15.4. The molecule has 2 aromatic carbocycles. The summed E-state index contributed by atoms with van der Waals surface area (Å²) in [5.74, 6) is -0.159. The Morgan fingerprint density at radius 1 is 1.25 bits per heavy atom. The first-order valence-electron chi connectivity index (χ1n) is 8.48. The van der Waals surface area contributed by atoms with Gasteiger partial charge in [-0.05, 0) is 61.0 Å². The molecule has 2 N–H and O–H groups in total. The largest absolute Gasteiger partial charge is 0.497 e. The predicted molar refractivity (Wildman–Crippen MR) is 103 cm³/mol. The Balaban J connectivity index is 1.75. The van der Waals surface area contributed by atoms with Crippen LogP contribution < -0.4 is 9.47 Å². The molecular formula is C21H19FN2O4. The molecule has 28 heavy (non-hydrogen) atoms. The van der Waals surface area contributed by atoms with Crippen molar-refractivity contribution in [2.75, 3.05) is 13.9 Å². The second-order valence-electron chi connectivity index (χ2n) is 6.01. The van der Waals surface area contributed by atoms with Gasteiger partial charge in [-0.1, -0.05) is 0 Å². The van der Waals surface area contributed by atoms with E-state index in [2.05, 4.69) is 10.2 Å². The van der Waals surface area contributed by atoms with Crippen molar-refractivity contribution in [3.63, 3.8) is 0 Å². The van der Waals surface area contributed by atoms with Crippen LogP contribution in [0.3, 0.4) is 0 Å². The molecule has 3 aromatic rings. The SMILES string of the molecule is COc1ccc(C(=O)/C=C/c2cc(-c3ccc(OCO)c(C)c3)n[nH]2)c(F)c1. The van der Waals surface area contributed by atoms with Crippen molar-refractivity contribution in [2.45, 2.75) is 6.92 Å². The number of halogens is 1. The van der Waals surface area contributed by atoms with E-state index in [9.17, 15) is 9.18 Å². The van der Waals surface area contributed by atoms with E-state index >= 15 is 0 Å². The number of rotatable bonds is 7. The highest BCUT2D eigenvalue weighted by Gasteiger charge is 2.11. The molecule has 144 valence electrons. The molecule has 0 radical (unpaired) electrons. The molecular weight excluding hydrogens is 363 g/mol. The van der Waals surface area contributed by atoms with Crippen molar-refractivity contribution in [2.24, 2.45) is 0 Å². The van der Waals surface area contributed by atoms with Gasteiger partial charge in [-0.15, -0.1) is 0 Å². The van der Waals surface area contributed by atoms with Crippen LogP contribution in [0.15, 0.2) is 48.5 Å². The third-order valence-corrected chi connectivity index (χ3v) is 4.14. The lowest BCUT2D eigenvalue weighted by atomic mass is 10.1. The lowest BCUT2D eigenvalue weighted by molar-refractivity contribution is 0.0978. The van der Waals surface area contributed by atoms with Crippen molar-refractivity contribution in [3.05, 3.63) is 71.2 Å². The number of H-pyrrole nitrogens is 1. The van der Waals surface area contributed by atoms with Gasteiger partial charge < -0.3 is 14.6 Å². The minimum Gasteiger partial charge on any atom is -0.497 e. The van der Waals surface area contributed by atoms with Crippen molar-refractivity contribution >= 4 is 11.9 Å². The monoisotopic (exact) mass is 382 g/mol. The number of ketones is 1. The van der Waals surface area contributed by atoms with Gasteiger partial charge in [0.05, 0.1) is 24.1 Å². The van der Waals surface area contributed by atoms with Crippen LogP contribution in [0, 0.1) is 12.7 Å². The highest BCUT2D eigenvalue weighted by atomic mass is 19.1. The van der Waals surface area contributed by atoms with Gasteiger partial charge in [0.1, 0.15) is 17.3 Å². The normalized spacial score (nSPS) is 11.0. The molecule has 7 heteroatoms. The second-order valence-corrected chi connectivity index (χ2v) is 6.01. The molecule has 1 heterocycles. The number of allylic oxidation sites excluding steroid dienone is 1. The predicted octanol–water partition coefficient (Wildman–Crippen LogP) is 3.76. The van der Waals surface area contributed by atoms with E-state index < -0.39 is 11.6 Å². The number of aliphatic hydroxyl groups excluding tert-OH is 1. The summed E-state index contributed by atoms with van der Waals surface area (Å²) in [6, 6.07) is 11.3. The molecule has 6 nitrogen and oxygen atoms in total. The lowest BCUT2D eigenvalue weighted by Crippen LogP contribution is -1.99. The Hall–Kier alpha value is -3.45. The second kappa shape index (κ2) is 8.49. The third kappa shape index (κ3) is 4.27. The summed E-state index contributed by atoms with van der Waals surface area (Å²) in [6.07, 6.45) is 2.82. The number of ether oxygens (including phenoxy) is 2. The molecule has 0 saturated carbocycles. The topological polar surface area (TPSA) is 84.4 Å². The van der Waals surface area contributed by atoms with Gasteiger partial charge in [-0.25, -0.2) is 4.39 Å². The van der Waals surface area contributed by atoms with Gasteiger partial charge in [0.25, 0.3) is 0 Å². The molecule has 0 fully saturated rings. The fourth-order valence-corrected chi connectivity index (χ4v) is 2.69. The Kier molecular flexibility index (Phi) is 5.86. The van der Waals surface area contributed by atoms with Gasteiger partial charge in [-0.3, -0.25) is 9.89 Å². The minimum atomic E-state index is -0.639. The van der Waals surface area contributed by atoms with E-state index in [4.69, 9.17) is 14.6 Å². The fraction of sp³-hybridized carbons (Fsp3) is 0.143. The average Bonchev–Trinajstić information content (AvgIpc) is 3.16. The van der Waals surface area contributed by atoms with E-state index in [1.165, 1.54) is 31.4 Å². The molecule has 0 bridgehead atoms. The Labute approximate surface area is 161 Å². The van der Waals surface area contributed by atoms with Crippen LogP contribution >= 0.6 is 0 Å². The van der Waals surface area contributed by atoms with Crippen molar-refractivity contribution in [3.8, 4) is 22.8 Å². The number of carbonyl (C=O) groups excluding carboxylic acids is 1. The van der Waals surface area contributed by atoms with Crippen LogP contribution in [0.5, 0.6) is 11.5 Å². The van der Waals surface area contributed by atoms with Crippen LogP contribution in [-0.2, 0) is 0 Å². The first-order valence-corrected chi connectivity index (χ1v) is 8.48. The zero-order chi connectivity index (χ0) is 20.1. The maximum absolute atomic E-state index is 14.0. The Morgan fingerprint density at radius 2 is 2.07 bits per heavy atom. The third-order valence-electron chi connectivity index (χ3n) is 4.14. The summed E-state index contributed by atoms with van der Waals surface area (Å²) < 4.78 is 24.0. The molecule has 0 amide bonds. The number of nitrogens with zero attached hydrogens (tertiary/aromatic N) is 1. The number of methoxy groups -OCH3 is 1. The lowest BCUT2D eigenvalue weighted by Gasteiger charge is -2.07. The average molecular weight is 382 g/mol. The first kappa shape index (κ1) is 19.3. The molecule has 0 atom stereocenters. The number of aliphatic hydroxyl groups is 1. The fourth-order valence-electron chi connectivity index (χ4n) is 2.69. The van der Waals surface area contributed by atoms with Gasteiger partial charge in [0.2, 0.25) is 0 Å². The van der Waals surface area contributed by atoms with E-state index in [-0.39, 0.29) is 12.4 Å². The van der Waals surface area contributed by atoms with Gasteiger partial charge in [0, 0.05) is 11.6 Å². The summed E-state index contributed by atoms with van der Waals surface area (Å²) in [5.41, 5.74) is 2.96. The standard InChI is InChI=1S/C21H19FN2O4/c1-13-9-14(3-8-21(13)28-12-25)19-10-15(23-24-19)4-7-20(26)17-6-5-16(27-2)11-18(17)22/h3-11,25H,12H2,1-2H3,(H,23,24)/b7-4+. The maximum Gasteiger partial charge on any atom is 0.188 e. The maximum atomic E-state index is 14.0. The number of aromatic amines is 1. The van der Waals surface area contributed by atoms with Gasteiger partial charge in [0.15, 0.2) is 12.6 Å². The highest BCUT2D eigenvalue weighted by Crippen LogP contribution is 2.25. The molecule has 0 aliphatic heterocycles. The molecule has 3 rings (SSSR count). The Bertz CT molecular complexity index is 1030. The summed E-state index contributed by atoms with van der Waals surface area (Å²) in [5, 5.41) is 15.9. The van der Waals surface area contributed by atoms with Crippen molar-refractivity contribution in [1.82, 2.24) is 10.2 Å². The number of aromatic nitrogens is 2. The van der Waals surface area contributed by atoms with E-state index in [1.807, 2.05) is 19.1 Å². The highest BCUT2D eigenvalue weighted by molar-refractivity contribution is 6.07. The summed E-state index contributed by atoms with van der Waals surface area (Å²) in [7, 11) is 1.43. The summed E-state index contributed by atoms with van der Waals surface area (Å²) in [4.78, 5) is 12.2. The molecule has 0 aliphatic carbocycles. The molecule has 0 spiro atoms. The molecule has 0 saturated heterocycles. The van der Waals surface area contributed by atoms with Crippen LogP contribution in [0.2, 0.25) is 0 Å². The quantitative estimate of drug-likeness (QED) is 0.369. The molecule has 0 aliphatic rings. The minimum absolute atomic E-state index is 0.0353. The number of carbonyl (C=O) groups is 1. The van der Waals surface area contributed by atoms with Crippen LogP contribution in [-0.4, -0.2) is 35.0 Å². The first-order chi connectivity index (χ1) is 13.5. The number of nitrogens with one attached hydrogen (secondary N) is 1.